The molecule has 3 N–H and O–H groups in total. The van der Waals surface area contributed by atoms with Crippen molar-refractivity contribution in [3.63, 3.8) is 0 Å². The van der Waals surface area contributed by atoms with E-state index in [-0.39, 0.29) is 22.9 Å². The Morgan fingerprint density at radius 1 is 1.10 bits per heavy atom. The zero-order chi connectivity index (χ0) is 21.1. The van der Waals surface area contributed by atoms with Crippen molar-refractivity contribution in [1.29, 1.82) is 0 Å². The predicted octanol–water partition coefficient (Wildman–Crippen LogP) is 4.74. The van der Waals surface area contributed by atoms with Gasteiger partial charge < -0.3 is 20.3 Å². The standard InChI is InChI=1S/C21H17Cl2NO5/c1-11(20(26)24-16-4-2-12(10-25)3-5-16)29-18-8-14(21(27)28)6-13-7-15(22)9-17(23)19(13)18/h2-9,11,25H,10H2,1H3,(H,24,26)(H,27,28). The summed E-state index contributed by atoms with van der Waals surface area (Å²) < 4.78 is 5.78. The van der Waals surface area contributed by atoms with E-state index in [0.29, 0.717) is 21.5 Å². The third kappa shape index (κ3) is 4.79. The molecule has 0 saturated carbocycles. The summed E-state index contributed by atoms with van der Waals surface area (Å²) in [6.45, 7) is 1.45. The van der Waals surface area contributed by atoms with Crippen LogP contribution in [0.15, 0.2) is 48.5 Å². The molecular weight excluding hydrogens is 417 g/mol. The second-order valence-electron chi connectivity index (χ2n) is 6.37. The van der Waals surface area contributed by atoms with E-state index in [9.17, 15) is 14.7 Å². The topological polar surface area (TPSA) is 95.9 Å². The van der Waals surface area contributed by atoms with E-state index in [1.165, 1.54) is 18.2 Å². The quantitative estimate of drug-likeness (QED) is 0.521. The number of aliphatic hydroxyl groups excluding tert-OH is 1. The van der Waals surface area contributed by atoms with E-state index < -0.39 is 18.0 Å². The number of aromatic carboxylic acids is 1. The molecule has 1 atom stereocenters. The Hall–Kier alpha value is -2.80. The molecule has 0 heterocycles. The fourth-order valence-corrected chi connectivity index (χ4v) is 3.39. The van der Waals surface area contributed by atoms with Crippen LogP contribution in [0.25, 0.3) is 10.8 Å². The Morgan fingerprint density at radius 2 is 1.79 bits per heavy atom. The molecule has 0 bridgehead atoms. The summed E-state index contributed by atoms with van der Waals surface area (Å²) in [5, 5.41) is 22.8. The Labute approximate surface area is 176 Å². The molecule has 0 fully saturated rings. The van der Waals surface area contributed by atoms with Crippen LogP contribution in [0.3, 0.4) is 0 Å². The number of amides is 1. The molecule has 1 amide bonds. The van der Waals surface area contributed by atoms with Gasteiger partial charge in [-0.05, 0) is 54.3 Å². The minimum atomic E-state index is -1.14. The van der Waals surface area contributed by atoms with Crippen molar-refractivity contribution < 1.29 is 24.5 Å². The summed E-state index contributed by atoms with van der Waals surface area (Å²) in [7, 11) is 0. The molecule has 1 unspecified atom stereocenters. The molecule has 0 aliphatic carbocycles. The van der Waals surface area contributed by atoms with Crippen LogP contribution in [0.1, 0.15) is 22.8 Å². The molecule has 0 aliphatic rings. The van der Waals surface area contributed by atoms with Crippen LogP contribution in [0, 0.1) is 0 Å². The summed E-state index contributed by atoms with van der Waals surface area (Å²) in [6, 6.07) is 12.6. The number of halogens is 2. The van der Waals surface area contributed by atoms with Crippen molar-refractivity contribution in [2.75, 3.05) is 5.32 Å². The van der Waals surface area contributed by atoms with Gasteiger partial charge in [0.2, 0.25) is 0 Å². The molecule has 8 heteroatoms. The fraction of sp³-hybridized carbons (Fsp3) is 0.143. The number of hydrogen-bond acceptors (Lipinski definition) is 4. The number of carboxylic acids is 1. The van der Waals surface area contributed by atoms with Gasteiger partial charge in [0.25, 0.3) is 5.91 Å². The molecular formula is C21H17Cl2NO5. The maximum absolute atomic E-state index is 12.5. The molecule has 3 aromatic rings. The molecule has 0 aromatic heterocycles. The van der Waals surface area contributed by atoms with Gasteiger partial charge >= 0.3 is 5.97 Å². The van der Waals surface area contributed by atoms with E-state index in [1.54, 1.807) is 37.3 Å². The Bertz CT molecular complexity index is 1080. The first-order chi connectivity index (χ1) is 13.8. The van der Waals surface area contributed by atoms with Crippen LogP contribution in [-0.4, -0.2) is 28.2 Å². The van der Waals surface area contributed by atoms with Gasteiger partial charge in [-0.3, -0.25) is 4.79 Å². The lowest BCUT2D eigenvalue weighted by Crippen LogP contribution is -2.30. The van der Waals surface area contributed by atoms with Gasteiger partial charge in [-0.2, -0.15) is 0 Å². The van der Waals surface area contributed by atoms with Gasteiger partial charge in [0, 0.05) is 16.1 Å². The van der Waals surface area contributed by atoms with Crippen LogP contribution in [0.5, 0.6) is 5.75 Å². The van der Waals surface area contributed by atoms with Gasteiger partial charge in [-0.1, -0.05) is 35.3 Å². The number of rotatable bonds is 6. The minimum Gasteiger partial charge on any atom is -0.480 e. The van der Waals surface area contributed by atoms with E-state index in [1.807, 2.05) is 0 Å². The van der Waals surface area contributed by atoms with Gasteiger partial charge in [0.15, 0.2) is 6.10 Å². The lowest BCUT2D eigenvalue weighted by Gasteiger charge is -2.18. The first kappa shape index (κ1) is 20.9. The zero-order valence-corrected chi connectivity index (χ0v) is 16.8. The normalized spacial score (nSPS) is 11.9. The third-order valence-electron chi connectivity index (χ3n) is 4.25. The number of benzene rings is 3. The predicted molar refractivity (Wildman–Crippen MR) is 112 cm³/mol. The highest BCUT2D eigenvalue weighted by molar-refractivity contribution is 6.39. The van der Waals surface area contributed by atoms with Crippen molar-refractivity contribution in [3.8, 4) is 5.75 Å². The highest BCUT2D eigenvalue weighted by Crippen LogP contribution is 2.36. The zero-order valence-electron chi connectivity index (χ0n) is 15.3. The highest BCUT2D eigenvalue weighted by Gasteiger charge is 2.19. The molecule has 6 nitrogen and oxygen atoms in total. The molecule has 0 spiro atoms. The van der Waals surface area contributed by atoms with Crippen LogP contribution in [0.4, 0.5) is 5.69 Å². The molecule has 3 aromatic carbocycles. The van der Waals surface area contributed by atoms with Gasteiger partial charge in [0.1, 0.15) is 5.75 Å². The van der Waals surface area contributed by atoms with Crippen LogP contribution in [0.2, 0.25) is 10.0 Å². The lowest BCUT2D eigenvalue weighted by atomic mass is 10.1. The summed E-state index contributed by atoms with van der Waals surface area (Å²) in [5.74, 6) is -1.41. The molecule has 29 heavy (non-hydrogen) atoms. The van der Waals surface area contributed by atoms with Crippen molar-refractivity contribution in [2.45, 2.75) is 19.6 Å². The Kier molecular flexibility index (Phi) is 6.27. The highest BCUT2D eigenvalue weighted by atomic mass is 35.5. The summed E-state index contributed by atoms with van der Waals surface area (Å²) in [5.41, 5.74) is 1.24. The van der Waals surface area contributed by atoms with Crippen LogP contribution < -0.4 is 10.1 Å². The number of anilines is 1. The third-order valence-corrected chi connectivity index (χ3v) is 4.77. The van der Waals surface area contributed by atoms with E-state index in [2.05, 4.69) is 5.32 Å². The number of carbonyl (C=O) groups is 2. The van der Waals surface area contributed by atoms with Crippen molar-refractivity contribution in [1.82, 2.24) is 0 Å². The fourth-order valence-electron chi connectivity index (χ4n) is 2.79. The number of aliphatic hydroxyl groups is 1. The van der Waals surface area contributed by atoms with E-state index in [0.717, 1.165) is 5.56 Å². The van der Waals surface area contributed by atoms with Crippen LogP contribution in [-0.2, 0) is 11.4 Å². The number of carboxylic acid groups (broad SMARTS) is 1. The average Bonchev–Trinajstić information content (AvgIpc) is 2.67. The smallest absolute Gasteiger partial charge is 0.335 e. The molecule has 0 saturated heterocycles. The largest absolute Gasteiger partial charge is 0.480 e. The Balaban J connectivity index is 1.89. The number of nitrogens with one attached hydrogen (secondary N) is 1. The van der Waals surface area contributed by atoms with E-state index >= 15 is 0 Å². The monoisotopic (exact) mass is 433 g/mol. The SMILES string of the molecule is CC(Oc1cc(C(=O)O)cc2cc(Cl)cc(Cl)c12)C(=O)Nc1ccc(CO)cc1. The maximum Gasteiger partial charge on any atom is 0.335 e. The summed E-state index contributed by atoms with van der Waals surface area (Å²) in [4.78, 5) is 24.0. The minimum absolute atomic E-state index is 0.0157. The van der Waals surface area contributed by atoms with Gasteiger partial charge in [-0.25, -0.2) is 4.79 Å². The number of ether oxygens (including phenoxy) is 1. The summed E-state index contributed by atoms with van der Waals surface area (Å²) >= 11 is 12.3. The molecule has 3 rings (SSSR count). The number of fused-ring (bicyclic) bond motifs is 1. The Morgan fingerprint density at radius 3 is 2.41 bits per heavy atom. The first-order valence-electron chi connectivity index (χ1n) is 8.62. The van der Waals surface area contributed by atoms with Gasteiger partial charge in [0.05, 0.1) is 17.2 Å². The summed E-state index contributed by atoms with van der Waals surface area (Å²) in [6.07, 6.45) is -0.938. The average molecular weight is 434 g/mol. The first-order valence-corrected chi connectivity index (χ1v) is 9.37. The molecule has 150 valence electrons. The van der Waals surface area contributed by atoms with Crippen molar-refractivity contribution >= 4 is 51.5 Å². The van der Waals surface area contributed by atoms with Crippen LogP contribution >= 0.6 is 23.2 Å². The number of hydrogen-bond donors (Lipinski definition) is 3. The van der Waals surface area contributed by atoms with Crippen molar-refractivity contribution in [3.05, 3.63) is 69.7 Å². The molecule has 0 aliphatic heterocycles. The van der Waals surface area contributed by atoms with Gasteiger partial charge in [-0.15, -0.1) is 0 Å². The lowest BCUT2D eigenvalue weighted by molar-refractivity contribution is -0.122. The maximum atomic E-state index is 12.5. The molecule has 0 radical (unpaired) electrons. The second kappa shape index (κ2) is 8.69. The van der Waals surface area contributed by atoms with Crippen molar-refractivity contribution in [2.24, 2.45) is 0 Å². The van der Waals surface area contributed by atoms with E-state index in [4.69, 9.17) is 33.0 Å². The second-order valence-corrected chi connectivity index (χ2v) is 7.21. The number of carbonyl (C=O) groups excluding carboxylic acids is 1.